The van der Waals surface area contributed by atoms with E-state index in [4.69, 9.17) is 5.73 Å². The van der Waals surface area contributed by atoms with E-state index in [2.05, 4.69) is 35.4 Å². The number of nitrogens with one attached hydrogen (secondary N) is 1. The third-order valence-corrected chi connectivity index (χ3v) is 3.36. The Morgan fingerprint density at radius 1 is 1.47 bits per heavy atom. The van der Waals surface area contributed by atoms with Gasteiger partial charge >= 0.3 is 0 Å². The maximum atomic E-state index is 5.74. The van der Waals surface area contributed by atoms with E-state index >= 15 is 0 Å². The molecule has 2 rings (SSSR count). The van der Waals surface area contributed by atoms with Crippen molar-refractivity contribution in [3.63, 3.8) is 0 Å². The lowest BCUT2D eigenvalue weighted by Crippen LogP contribution is -2.28. The fourth-order valence-corrected chi connectivity index (χ4v) is 2.26. The van der Waals surface area contributed by atoms with Crippen LogP contribution in [0.5, 0.6) is 0 Å². The predicted molar refractivity (Wildman–Crippen MR) is 70.7 cm³/mol. The molecule has 3 N–H and O–H groups in total. The number of fused-ring (bicyclic) bond motifs is 1. The number of rotatable bonds is 4. The Morgan fingerprint density at radius 2 is 2.24 bits per heavy atom. The highest BCUT2D eigenvalue weighted by molar-refractivity contribution is 5.76. The maximum absolute atomic E-state index is 5.74. The molecule has 0 aliphatic carbocycles. The molecule has 1 aromatic carbocycles. The van der Waals surface area contributed by atoms with Crippen LogP contribution in [0, 0.1) is 5.92 Å². The maximum Gasteiger partial charge on any atom is 0.0955 e. The van der Waals surface area contributed by atoms with Crippen molar-refractivity contribution in [2.75, 3.05) is 13.6 Å². The first kappa shape index (κ1) is 12.1. The van der Waals surface area contributed by atoms with Gasteiger partial charge in [-0.1, -0.05) is 13.0 Å². The SMILES string of the molecule is CNC(c1ccc2c(c1)ncn2C)C(C)CN. The van der Waals surface area contributed by atoms with E-state index in [0.29, 0.717) is 12.5 Å². The Hall–Kier alpha value is -1.39. The van der Waals surface area contributed by atoms with Crippen LogP contribution in [0.2, 0.25) is 0 Å². The van der Waals surface area contributed by atoms with Crippen molar-refractivity contribution in [1.82, 2.24) is 14.9 Å². The monoisotopic (exact) mass is 232 g/mol. The fourth-order valence-electron chi connectivity index (χ4n) is 2.26. The Bertz CT molecular complexity index is 503. The molecule has 92 valence electrons. The van der Waals surface area contributed by atoms with Crippen LogP contribution in [0.15, 0.2) is 24.5 Å². The van der Waals surface area contributed by atoms with Crippen molar-refractivity contribution < 1.29 is 0 Å². The largest absolute Gasteiger partial charge is 0.334 e. The van der Waals surface area contributed by atoms with E-state index in [1.807, 2.05) is 25.0 Å². The highest BCUT2D eigenvalue weighted by Crippen LogP contribution is 2.24. The van der Waals surface area contributed by atoms with Crippen LogP contribution in [-0.4, -0.2) is 23.1 Å². The summed E-state index contributed by atoms with van der Waals surface area (Å²) in [5.74, 6) is 0.404. The summed E-state index contributed by atoms with van der Waals surface area (Å²) in [6.45, 7) is 2.83. The number of imidazole rings is 1. The van der Waals surface area contributed by atoms with Gasteiger partial charge < -0.3 is 15.6 Å². The lowest BCUT2D eigenvalue weighted by atomic mass is 9.94. The van der Waals surface area contributed by atoms with Gasteiger partial charge in [0.05, 0.1) is 17.4 Å². The van der Waals surface area contributed by atoms with Crippen LogP contribution in [0.4, 0.5) is 0 Å². The first-order valence-corrected chi connectivity index (χ1v) is 5.95. The molecule has 0 bridgehead atoms. The summed E-state index contributed by atoms with van der Waals surface area (Å²) in [5.41, 5.74) is 9.18. The van der Waals surface area contributed by atoms with Gasteiger partial charge in [0.15, 0.2) is 0 Å². The smallest absolute Gasteiger partial charge is 0.0955 e. The first-order chi connectivity index (χ1) is 8.17. The molecule has 2 unspecified atom stereocenters. The van der Waals surface area contributed by atoms with Gasteiger partial charge in [-0.2, -0.15) is 0 Å². The van der Waals surface area contributed by atoms with E-state index in [1.165, 1.54) is 5.56 Å². The third-order valence-electron chi connectivity index (χ3n) is 3.36. The molecule has 1 aromatic heterocycles. The van der Waals surface area contributed by atoms with Crippen molar-refractivity contribution in [2.45, 2.75) is 13.0 Å². The minimum absolute atomic E-state index is 0.284. The Kier molecular flexibility index (Phi) is 3.45. The van der Waals surface area contributed by atoms with Crippen molar-refractivity contribution >= 4 is 11.0 Å². The molecular formula is C13H20N4. The predicted octanol–water partition coefficient (Wildman–Crippen LogP) is 1.43. The van der Waals surface area contributed by atoms with Gasteiger partial charge in [-0.25, -0.2) is 4.98 Å². The second kappa shape index (κ2) is 4.85. The average molecular weight is 232 g/mol. The molecule has 0 aliphatic heterocycles. The average Bonchev–Trinajstić information content (AvgIpc) is 2.71. The summed E-state index contributed by atoms with van der Waals surface area (Å²) in [6.07, 6.45) is 1.84. The molecule has 0 spiro atoms. The Labute approximate surface area is 102 Å². The summed E-state index contributed by atoms with van der Waals surface area (Å²) < 4.78 is 2.03. The molecule has 2 aromatic rings. The van der Waals surface area contributed by atoms with E-state index in [0.717, 1.165) is 11.0 Å². The number of hydrogen-bond acceptors (Lipinski definition) is 3. The highest BCUT2D eigenvalue weighted by Gasteiger charge is 2.16. The number of nitrogens with zero attached hydrogens (tertiary/aromatic N) is 2. The molecule has 17 heavy (non-hydrogen) atoms. The zero-order chi connectivity index (χ0) is 12.4. The molecule has 0 radical (unpaired) electrons. The van der Waals surface area contributed by atoms with Gasteiger partial charge in [-0.15, -0.1) is 0 Å². The van der Waals surface area contributed by atoms with Crippen LogP contribution >= 0.6 is 0 Å². The lowest BCUT2D eigenvalue weighted by molar-refractivity contribution is 0.420. The molecule has 4 heteroatoms. The van der Waals surface area contributed by atoms with Gasteiger partial charge in [0.2, 0.25) is 0 Å². The molecule has 2 atom stereocenters. The summed E-state index contributed by atoms with van der Waals surface area (Å²) in [6, 6.07) is 6.69. The van der Waals surface area contributed by atoms with Crippen LogP contribution in [0.3, 0.4) is 0 Å². The molecule has 1 heterocycles. The van der Waals surface area contributed by atoms with Crippen LogP contribution in [0.1, 0.15) is 18.5 Å². The minimum atomic E-state index is 0.284. The molecular weight excluding hydrogens is 212 g/mol. The zero-order valence-corrected chi connectivity index (χ0v) is 10.6. The topological polar surface area (TPSA) is 55.9 Å². The van der Waals surface area contributed by atoms with Crippen LogP contribution in [-0.2, 0) is 7.05 Å². The van der Waals surface area contributed by atoms with E-state index in [-0.39, 0.29) is 6.04 Å². The molecule has 0 aliphatic rings. The minimum Gasteiger partial charge on any atom is -0.334 e. The molecule has 0 saturated carbocycles. The fraction of sp³-hybridized carbons (Fsp3) is 0.462. The molecule has 0 fully saturated rings. The number of aromatic nitrogens is 2. The van der Waals surface area contributed by atoms with Crippen molar-refractivity contribution in [3.8, 4) is 0 Å². The van der Waals surface area contributed by atoms with Crippen LogP contribution in [0.25, 0.3) is 11.0 Å². The van der Waals surface area contributed by atoms with Crippen molar-refractivity contribution in [1.29, 1.82) is 0 Å². The quantitative estimate of drug-likeness (QED) is 0.838. The van der Waals surface area contributed by atoms with Crippen molar-refractivity contribution in [3.05, 3.63) is 30.1 Å². The van der Waals surface area contributed by atoms with Gasteiger partial charge in [0.25, 0.3) is 0 Å². The second-order valence-electron chi connectivity index (χ2n) is 4.58. The standard InChI is InChI=1S/C13H20N4/c1-9(7-14)13(15-2)10-4-5-12-11(6-10)16-8-17(12)3/h4-6,8-9,13,15H,7,14H2,1-3H3. The van der Waals surface area contributed by atoms with Gasteiger partial charge in [-0.05, 0) is 37.2 Å². The normalized spacial score (nSPS) is 15.1. The van der Waals surface area contributed by atoms with E-state index < -0.39 is 0 Å². The van der Waals surface area contributed by atoms with E-state index in [9.17, 15) is 0 Å². The number of hydrogen-bond donors (Lipinski definition) is 2. The Morgan fingerprint density at radius 3 is 2.88 bits per heavy atom. The second-order valence-corrected chi connectivity index (χ2v) is 4.58. The number of aryl methyl sites for hydroxylation is 1. The molecule has 0 amide bonds. The zero-order valence-electron chi connectivity index (χ0n) is 10.6. The third kappa shape index (κ3) is 2.18. The number of benzene rings is 1. The first-order valence-electron chi connectivity index (χ1n) is 5.95. The molecule has 4 nitrogen and oxygen atoms in total. The lowest BCUT2D eigenvalue weighted by Gasteiger charge is -2.22. The summed E-state index contributed by atoms with van der Waals surface area (Å²) in [5, 5.41) is 3.33. The van der Waals surface area contributed by atoms with Gasteiger partial charge in [0, 0.05) is 13.1 Å². The summed E-state index contributed by atoms with van der Waals surface area (Å²) in [4.78, 5) is 4.38. The van der Waals surface area contributed by atoms with E-state index in [1.54, 1.807) is 0 Å². The summed E-state index contributed by atoms with van der Waals surface area (Å²) >= 11 is 0. The number of nitrogens with two attached hydrogens (primary N) is 1. The summed E-state index contributed by atoms with van der Waals surface area (Å²) in [7, 11) is 3.98. The van der Waals surface area contributed by atoms with Crippen LogP contribution < -0.4 is 11.1 Å². The Balaban J connectivity index is 2.40. The van der Waals surface area contributed by atoms with Gasteiger partial charge in [-0.3, -0.25) is 0 Å². The van der Waals surface area contributed by atoms with Crippen molar-refractivity contribution in [2.24, 2.45) is 18.7 Å². The van der Waals surface area contributed by atoms with Gasteiger partial charge in [0.1, 0.15) is 0 Å². The molecule has 0 saturated heterocycles. The highest BCUT2D eigenvalue weighted by atomic mass is 15.0.